The summed E-state index contributed by atoms with van der Waals surface area (Å²) < 4.78 is 5.83. The molecule has 17 heavy (non-hydrogen) atoms. The van der Waals surface area contributed by atoms with Gasteiger partial charge in [-0.2, -0.15) is 0 Å². The lowest BCUT2D eigenvalue weighted by Crippen LogP contribution is -2.03. The van der Waals surface area contributed by atoms with E-state index in [2.05, 4.69) is 49.4 Å². The van der Waals surface area contributed by atoms with Gasteiger partial charge in [-0.15, -0.1) is 0 Å². The number of hydrogen-bond donors (Lipinski definition) is 0. The van der Waals surface area contributed by atoms with Gasteiger partial charge in [0.25, 0.3) is 0 Å². The molecule has 0 atom stereocenters. The molecule has 1 aliphatic heterocycles. The van der Waals surface area contributed by atoms with Gasteiger partial charge in [-0.3, -0.25) is 0 Å². The molecule has 1 heteroatoms. The molecule has 3 aromatic rings. The molecule has 0 amide bonds. The van der Waals surface area contributed by atoms with Crippen LogP contribution in [0.1, 0.15) is 11.1 Å². The van der Waals surface area contributed by atoms with Crippen LogP contribution >= 0.6 is 0 Å². The number of hydrogen-bond acceptors (Lipinski definition) is 1. The highest BCUT2D eigenvalue weighted by atomic mass is 16.5. The van der Waals surface area contributed by atoms with Crippen LogP contribution in [0.25, 0.3) is 21.5 Å². The molecule has 0 unspecified atom stereocenters. The van der Waals surface area contributed by atoms with Gasteiger partial charge < -0.3 is 4.74 Å². The average Bonchev–Trinajstić information content (AvgIpc) is 2.38. The van der Waals surface area contributed by atoms with Crippen LogP contribution in [0.3, 0.4) is 0 Å². The minimum absolute atomic E-state index is 0.687. The van der Waals surface area contributed by atoms with E-state index in [1.807, 2.05) is 0 Å². The number of rotatable bonds is 0. The van der Waals surface area contributed by atoms with E-state index < -0.39 is 0 Å². The van der Waals surface area contributed by atoms with Crippen molar-refractivity contribution in [3.8, 4) is 5.75 Å². The Kier molecular flexibility index (Phi) is 1.60. The minimum atomic E-state index is 0.687. The number of benzene rings is 3. The van der Waals surface area contributed by atoms with Crippen LogP contribution in [0.15, 0.2) is 42.5 Å². The molecular formula is C16H12O. The maximum atomic E-state index is 5.83. The molecule has 0 saturated heterocycles. The highest BCUT2D eigenvalue weighted by molar-refractivity contribution is 6.13. The summed E-state index contributed by atoms with van der Waals surface area (Å²) in [5.74, 6) is 1.02. The lowest BCUT2D eigenvalue weighted by molar-refractivity contribution is 0.308. The van der Waals surface area contributed by atoms with Gasteiger partial charge in [0.2, 0.25) is 0 Å². The summed E-state index contributed by atoms with van der Waals surface area (Å²) in [7, 11) is 0. The molecule has 0 N–H and O–H groups in total. The largest absolute Gasteiger partial charge is 0.488 e. The van der Waals surface area contributed by atoms with Crippen LogP contribution < -0.4 is 4.74 Å². The van der Waals surface area contributed by atoms with E-state index in [4.69, 9.17) is 4.74 Å². The predicted octanol–water partition coefficient (Wildman–Crippen LogP) is 4.19. The van der Waals surface area contributed by atoms with Gasteiger partial charge in [0.15, 0.2) is 0 Å². The maximum Gasteiger partial charge on any atom is 0.128 e. The molecule has 0 fully saturated rings. The Bertz CT molecular complexity index is 756. The second kappa shape index (κ2) is 3.01. The summed E-state index contributed by atoms with van der Waals surface area (Å²) in [6.45, 7) is 2.86. The zero-order chi connectivity index (χ0) is 11.4. The van der Waals surface area contributed by atoms with E-state index in [-0.39, 0.29) is 0 Å². The van der Waals surface area contributed by atoms with E-state index in [1.165, 1.54) is 32.7 Å². The Morgan fingerprint density at radius 3 is 2.82 bits per heavy atom. The van der Waals surface area contributed by atoms with Crippen molar-refractivity contribution < 1.29 is 4.74 Å². The topological polar surface area (TPSA) is 9.23 Å². The smallest absolute Gasteiger partial charge is 0.128 e. The molecule has 1 heterocycles. The summed E-state index contributed by atoms with van der Waals surface area (Å²) in [4.78, 5) is 0. The standard InChI is InChI=1S/C16H12O/c1-10-5-6-12-9-17-14-4-2-3-11-7-8-13(10)15(12)16(11)14/h2-8H,9H2,1H3. The Hall–Kier alpha value is -2.02. The normalized spacial score (nSPS) is 13.2. The van der Waals surface area contributed by atoms with E-state index in [0.29, 0.717) is 6.61 Å². The molecule has 0 aliphatic carbocycles. The lowest BCUT2D eigenvalue weighted by Gasteiger charge is -2.20. The first-order chi connectivity index (χ1) is 8.34. The zero-order valence-corrected chi connectivity index (χ0v) is 9.66. The first-order valence-corrected chi connectivity index (χ1v) is 5.91. The summed E-state index contributed by atoms with van der Waals surface area (Å²) in [5.41, 5.74) is 2.64. The summed E-state index contributed by atoms with van der Waals surface area (Å²) >= 11 is 0. The molecule has 82 valence electrons. The van der Waals surface area contributed by atoms with Gasteiger partial charge in [-0.1, -0.05) is 36.4 Å². The maximum absolute atomic E-state index is 5.83. The molecule has 0 saturated carbocycles. The average molecular weight is 220 g/mol. The van der Waals surface area contributed by atoms with Crippen LogP contribution in [-0.2, 0) is 6.61 Å². The van der Waals surface area contributed by atoms with Crippen molar-refractivity contribution >= 4 is 21.5 Å². The molecular weight excluding hydrogens is 208 g/mol. The van der Waals surface area contributed by atoms with Gasteiger partial charge in [0.1, 0.15) is 12.4 Å². The van der Waals surface area contributed by atoms with Crippen molar-refractivity contribution in [1.29, 1.82) is 0 Å². The SMILES string of the molecule is Cc1ccc2c3c1ccc1cccc(c13)OC2. The number of ether oxygens (including phenoxy) is 1. The van der Waals surface area contributed by atoms with Crippen molar-refractivity contribution in [3.63, 3.8) is 0 Å². The molecule has 0 radical (unpaired) electrons. The molecule has 0 bridgehead atoms. The van der Waals surface area contributed by atoms with E-state index in [0.717, 1.165) is 5.75 Å². The Balaban J connectivity index is 2.39. The van der Waals surface area contributed by atoms with E-state index in [9.17, 15) is 0 Å². The Morgan fingerprint density at radius 2 is 1.88 bits per heavy atom. The Labute approximate surface area is 99.6 Å². The second-order valence-electron chi connectivity index (χ2n) is 4.67. The third kappa shape index (κ3) is 1.09. The van der Waals surface area contributed by atoms with Crippen molar-refractivity contribution in [1.82, 2.24) is 0 Å². The second-order valence-corrected chi connectivity index (χ2v) is 4.67. The van der Waals surface area contributed by atoms with Gasteiger partial charge in [-0.05, 0) is 34.9 Å². The van der Waals surface area contributed by atoms with Gasteiger partial charge in [0, 0.05) is 10.8 Å². The van der Waals surface area contributed by atoms with Crippen LogP contribution in [0, 0.1) is 6.92 Å². The summed E-state index contributed by atoms with van der Waals surface area (Å²) in [5, 5.41) is 5.27. The Morgan fingerprint density at radius 1 is 0.941 bits per heavy atom. The fraction of sp³-hybridized carbons (Fsp3) is 0.125. The quantitative estimate of drug-likeness (QED) is 0.516. The van der Waals surface area contributed by atoms with Crippen LogP contribution in [0.4, 0.5) is 0 Å². The minimum Gasteiger partial charge on any atom is -0.488 e. The summed E-state index contributed by atoms with van der Waals surface area (Å²) in [6, 6.07) is 15.1. The van der Waals surface area contributed by atoms with Gasteiger partial charge >= 0.3 is 0 Å². The van der Waals surface area contributed by atoms with Crippen molar-refractivity contribution in [3.05, 3.63) is 53.6 Å². The molecule has 4 rings (SSSR count). The monoisotopic (exact) mass is 220 g/mol. The van der Waals surface area contributed by atoms with Gasteiger partial charge in [0.05, 0.1) is 0 Å². The first-order valence-electron chi connectivity index (χ1n) is 5.91. The zero-order valence-electron chi connectivity index (χ0n) is 9.66. The van der Waals surface area contributed by atoms with Crippen LogP contribution in [-0.4, -0.2) is 0 Å². The summed E-state index contributed by atoms with van der Waals surface area (Å²) in [6.07, 6.45) is 0. The fourth-order valence-electron chi connectivity index (χ4n) is 2.80. The van der Waals surface area contributed by atoms with E-state index in [1.54, 1.807) is 0 Å². The van der Waals surface area contributed by atoms with Crippen molar-refractivity contribution in [2.75, 3.05) is 0 Å². The molecule has 1 aliphatic rings. The third-order valence-electron chi connectivity index (χ3n) is 3.67. The van der Waals surface area contributed by atoms with Crippen molar-refractivity contribution in [2.24, 2.45) is 0 Å². The molecule has 0 aromatic heterocycles. The predicted molar refractivity (Wildman–Crippen MR) is 70.5 cm³/mol. The van der Waals surface area contributed by atoms with Crippen LogP contribution in [0.5, 0.6) is 5.75 Å². The highest BCUT2D eigenvalue weighted by Gasteiger charge is 2.16. The fourth-order valence-corrected chi connectivity index (χ4v) is 2.80. The van der Waals surface area contributed by atoms with Crippen molar-refractivity contribution in [2.45, 2.75) is 13.5 Å². The molecule has 0 spiro atoms. The van der Waals surface area contributed by atoms with Crippen LogP contribution in [0.2, 0.25) is 0 Å². The number of aryl methyl sites for hydroxylation is 1. The first kappa shape index (κ1) is 9.06. The lowest BCUT2D eigenvalue weighted by atomic mass is 9.93. The third-order valence-corrected chi connectivity index (χ3v) is 3.67. The molecule has 1 nitrogen and oxygen atoms in total. The van der Waals surface area contributed by atoms with E-state index >= 15 is 0 Å². The highest BCUT2D eigenvalue weighted by Crippen LogP contribution is 2.39. The molecule has 3 aromatic carbocycles. The van der Waals surface area contributed by atoms with Gasteiger partial charge in [-0.25, -0.2) is 0 Å².